The van der Waals surface area contributed by atoms with Gasteiger partial charge < -0.3 is 10.1 Å². The average molecular weight is 499 g/mol. The van der Waals surface area contributed by atoms with Crippen LogP contribution in [0.1, 0.15) is 39.8 Å². The van der Waals surface area contributed by atoms with Crippen LogP contribution in [0.15, 0.2) is 35.3 Å². The van der Waals surface area contributed by atoms with Crippen molar-refractivity contribution < 1.29 is 22.7 Å². The molecule has 0 aliphatic carbocycles. The summed E-state index contributed by atoms with van der Waals surface area (Å²) in [7, 11) is 1.68. The lowest BCUT2D eigenvalue weighted by Gasteiger charge is -2.08. The van der Waals surface area contributed by atoms with E-state index in [1.54, 1.807) is 34.0 Å². The number of alkyl halides is 3. The molecule has 0 bridgehead atoms. The van der Waals surface area contributed by atoms with Gasteiger partial charge in [0.1, 0.15) is 17.2 Å². The summed E-state index contributed by atoms with van der Waals surface area (Å²) in [4.78, 5) is 16.9. The molecule has 3 heterocycles. The first-order valence-corrected chi connectivity index (χ1v) is 11.1. The third-order valence-electron chi connectivity index (χ3n) is 5.66. The Hall–Kier alpha value is -4.22. The number of hydrogen-bond donors (Lipinski definition) is 2. The van der Waals surface area contributed by atoms with E-state index in [2.05, 4.69) is 20.5 Å². The highest BCUT2D eigenvalue weighted by molar-refractivity contribution is 6.06. The number of halogens is 3. The van der Waals surface area contributed by atoms with E-state index in [1.807, 2.05) is 0 Å². The van der Waals surface area contributed by atoms with Crippen molar-refractivity contribution in [1.29, 1.82) is 5.41 Å². The molecule has 0 fully saturated rings. The molecular weight excluding hydrogens is 475 g/mol. The van der Waals surface area contributed by atoms with Gasteiger partial charge in [-0.25, -0.2) is 14.5 Å². The fourth-order valence-electron chi connectivity index (χ4n) is 4.01. The number of hydrogen-bond acceptors (Lipinski definition) is 6. The van der Waals surface area contributed by atoms with Gasteiger partial charge in [0, 0.05) is 36.9 Å². The Bertz CT molecular complexity index is 1400. The van der Waals surface area contributed by atoms with E-state index >= 15 is 0 Å². The predicted molar refractivity (Wildman–Crippen MR) is 129 cm³/mol. The van der Waals surface area contributed by atoms with Crippen molar-refractivity contribution in [3.05, 3.63) is 58.4 Å². The number of nitrogens with zero attached hydrogens (tertiary/aromatic N) is 5. The number of esters is 1. The van der Waals surface area contributed by atoms with Crippen LogP contribution in [0, 0.1) is 19.3 Å². The Morgan fingerprint density at radius 2 is 1.89 bits per heavy atom. The van der Waals surface area contributed by atoms with Crippen LogP contribution >= 0.6 is 0 Å². The van der Waals surface area contributed by atoms with Crippen molar-refractivity contribution in [2.75, 3.05) is 11.9 Å². The first kappa shape index (κ1) is 24.9. The van der Waals surface area contributed by atoms with Crippen LogP contribution in [0.4, 0.5) is 19.0 Å². The number of aromatic nitrogens is 4. The van der Waals surface area contributed by atoms with Gasteiger partial charge in [-0.1, -0.05) is 12.1 Å². The average Bonchev–Trinajstić information content (AvgIpc) is 3.30. The number of carbonyl (C=O) groups is 1. The molecule has 0 unspecified atom stereocenters. The van der Waals surface area contributed by atoms with E-state index in [4.69, 9.17) is 10.1 Å². The number of benzene rings is 1. The van der Waals surface area contributed by atoms with Gasteiger partial charge in [-0.2, -0.15) is 23.4 Å². The largest absolute Gasteiger partial charge is 0.462 e. The molecule has 4 rings (SSSR count). The fraction of sp³-hybridized carbons (Fsp3) is 0.292. The van der Waals surface area contributed by atoms with Gasteiger partial charge in [-0.3, -0.25) is 10.1 Å². The van der Waals surface area contributed by atoms with Crippen molar-refractivity contribution in [1.82, 2.24) is 19.6 Å². The zero-order chi connectivity index (χ0) is 26.2. The highest BCUT2D eigenvalue weighted by Gasteiger charge is 2.30. The van der Waals surface area contributed by atoms with E-state index in [9.17, 15) is 18.0 Å². The van der Waals surface area contributed by atoms with Gasteiger partial charge in [0.15, 0.2) is 5.82 Å². The van der Waals surface area contributed by atoms with E-state index in [0.717, 1.165) is 12.1 Å². The summed E-state index contributed by atoms with van der Waals surface area (Å²) in [6.07, 6.45) is -1.08. The van der Waals surface area contributed by atoms with Crippen LogP contribution in [0.25, 0.3) is 17.1 Å². The summed E-state index contributed by atoms with van der Waals surface area (Å²) in [5, 5.41) is 20.3. The van der Waals surface area contributed by atoms with Gasteiger partial charge in [-0.15, -0.1) is 0 Å². The highest BCUT2D eigenvalue weighted by atomic mass is 19.4. The van der Waals surface area contributed by atoms with Crippen LogP contribution in [-0.2, 0) is 24.4 Å². The number of fused-ring (bicyclic) bond motifs is 1. The fourth-order valence-corrected chi connectivity index (χ4v) is 4.01. The minimum absolute atomic E-state index is 0.0162. The highest BCUT2D eigenvalue weighted by Crippen LogP contribution is 2.33. The van der Waals surface area contributed by atoms with E-state index in [1.165, 1.54) is 27.6 Å². The van der Waals surface area contributed by atoms with Crippen LogP contribution in [0.2, 0.25) is 0 Å². The number of aliphatic imine (C=N–C) groups is 1. The van der Waals surface area contributed by atoms with Gasteiger partial charge in [0.05, 0.1) is 29.3 Å². The third-order valence-corrected chi connectivity index (χ3v) is 5.66. The second-order valence-corrected chi connectivity index (χ2v) is 8.11. The van der Waals surface area contributed by atoms with Crippen LogP contribution in [0.5, 0.6) is 0 Å². The maximum absolute atomic E-state index is 13.0. The normalized spacial score (nSPS) is 16.2. The van der Waals surface area contributed by atoms with Crippen molar-refractivity contribution in [2.45, 2.75) is 33.4 Å². The maximum Gasteiger partial charge on any atom is 0.416 e. The Labute approximate surface area is 204 Å². The van der Waals surface area contributed by atoms with Crippen molar-refractivity contribution in [2.24, 2.45) is 12.0 Å². The second kappa shape index (κ2) is 9.44. The molecule has 1 aliphatic heterocycles. The molecule has 2 N–H and O–H groups in total. The predicted octanol–water partition coefficient (Wildman–Crippen LogP) is 4.61. The molecule has 0 radical (unpaired) electrons. The van der Waals surface area contributed by atoms with Crippen LogP contribution < -0.4 is 5.32 Å². The number of rotatable bonds is 4. The quantitative estimate of drug-likeness (QED) is 0.510. The molecule has 2 aromatic heterocycles. The molecule has 0 spiro atoms. The van der Waals surface area contributed by atoms with Crippen molar-refractivity contribution in [3.8, 4) is 11.3 Å². The van der Waals surface area contributed by atoms with Gasteiger partial charge in [0.2, 0.25) is 0 Å². The summed E-state index contributed by atoms with van der Waals surface area (Å²) in [6.45, 7) is 5.35. The zero-order valence-corrected chi connectivity index (χ0v) is 20.1. The molecule has 0 saturated carbocycles. The summed E-state index contributed by atoms with van der Waals surface area (Å²) < 4.78 is 47.1. The smallest absolute Gasteiger partial charge is 0.416 e. The molecule has 36 heavy (non-hydrogen) atoms. The molecule has 3 aromatic rings. The summed E-state index contributed by atoms with van der Waals surface area (Å²) >= 11 is 0. The standard InChI is InChI=1S/C24H24F3N7O2/c1-5-36-23(35)20-13(2)31-34(14(20)3)19-12-18(28)30-22-17(10-11-29-19)21(32-33(22)4)15-6-8-16(9-7-15)24(25,26)27/h6-9,11-12H,5,10H2,1-4H3,(H2,28,30)/b19-12+,29-11-. The molecule has 12 heteroatoms. The SMILES string of the molecule is CCOC(=O)c1c(C)nn(C2=C/C(=N)Nc3c(c(-c4ccc(C(F)(F)F)cc4)nn3C)C/C=N\2)c1C. The maximum atomic E-state index is 13.0. The minimum atomic E-state index is -4.43. The van der Waals surface area contributed by atoms with E-state index in [-0.39, 0.29) is 18.9 Å². The van der Waals surface area contributed by atoms with Crippen LogP contribution in [0.3, 0.4) is 0 Å². The Morgan fingerprint density at radius 1 is 1.19 bits per heavy atom. The lowest BCUT2D eigenvalue weighted by atomic mass is 10.0. The van der Waals surface area contributed by atoms with Gasteiger partial charge >= 0.3 is 12.1 Å². The summed E-state index contributed by atoms with van der Waals surface area (Å²) in [5.41, 5.74) is 2.23. The molecule has 9 nitrogen and oxygen atoms in total. The van der Waals surface area contributed by atoms with Gasteiger partial charge in [-0.05, 0) is 32.9 Å². The number of aryl methyl sites for hydroxylation is 2. The Morgan fingerprint density at radius 3 is 2.53 bits per heavy atom. The van der Waals surface area contributed by atoms with E-state index in [0.29, 0.717) is 45.4 Å². The second-order valence-electron chi connectivity index (χ2n) is 8.11. The first-order valence-electron chi connectivity index (χ1n) is 11.1. The zero-order valence-electron chi connectivity index (χ0n) is 20.1. The molecule has 1 aromatic carbocycles. The minimum Gasteiger partial charge on any atom is -0.462 e. The number of nitrogens with one attached hydrogen (secondary N) is 2. The summed E-state index contributed by atoms with van der Waals surface area (Å²) in [6, 6.07) is 4.77. The Balaban J connectivity index is 1.71. The molecular formula is C24H24F3N7O2. The summed E-state index contributed by atoms with van der Waals surface area (Å²) in [5.74, 6) is 0.316. The number of ether oxygens (including phenoxy) is 1. The number of anilines is 1. The molecule has 0 amide bonds. The lowest BCUT2D eigenvalue weighted by molar-refractivity contribution is -0.137. The Kier molecular flexibility index (Phi) is 6.53. The van der Waals surface area contributed by atoms with Crippen molar-refractivity contribution >= 4 is 29.7 Å². The number of amidine groups is 1. The van der Waals surface area contributed by atoms with Crippen molar-refractivity contribution in [3.63, 3.8) is 0 Å². The number of carbonyl (C=O) groups excluding carboxylic acids is 1. The molecule has 188 valence electrons. The lowest BCUT2D eigenvalue weighted by Crippen LogP contribution is -2.13. The monoisotopic (exact) mass is 499 g/mol. The third kappa shape index (κ3) is 4.66. The molecule has 0 saturated heterocycles. The first-order chi connectivity index (χ1) is 17.0. The van der Waals surface area contributed by atoms with Crippen LogP contribution in [-0.4, -0.2) is 44.2 Å². The molecule has 0 atom stereocenters. The van der Waals surface area contributed by atoms with E-state index < -0.39 is 17.7 Å². The van der Waals surface area contributed by atoms with Gasteiger partial charge in [0.25, 0.3) is 0 Å². The topological polar surface area (TPSA) is 110 Å². The molecule has 1 aliphatic rings.